The molecule has 32 heavy (non-hydrogen) atoms. The summed E-state index contributed by atoms with van der Waals surface area (Å²) in [6, 6.07) is 23.1. The van der Waals surface area contributed by atoms with E-state index < -0.39 is 0 Å². The monoisotopic (exact) mass is 537 g/mol. The Hall–Kier alpha value is -3.13. The van der Waals surface area contributed by atoms with E-state index in [0.29, 0.717) is 12.5 Å². The number of imidazole rings is 1. The maximum Gasteiger partial charge on any atom is 0.193 e. The van der Waals surface area contributed by atoms with Gasteiger partial charge in [0.2, 0.25) is 0 Å². The SMILES string of the molecule is Cc1ccc(NC(N)=NCc2ccccc2-c2ccc(Cn3ccnc3)cc2)cc1C.I. The standard InChI is InChI=1S/C26H27N5.HI/c1-19-7-12-24(15-20(19)2)30-26(27)29-16-23-5-3-4-6-25(23)22-10-8-21(9-11-22)17-31-14-13-28-18-31;/h3-15,18H,16-17H2,1-2H3,(H3,27,29,30);1H. The summed E-state index contributed by atoms with van der Waals surface area (Å²) in [5.41, 5.74) is 14.3. The summed E-state index contributed by atoms with van der Waals surface area (Å²) in [5.74, 6) is 0.411. The number of anilines is 1. The number of rotatable bonds is 6. The first kappa shape index (κ1) is 23.5. The van der Waals surface area contributed by atoms with Gasteiger partial charge in [0.1, 0.15) is 0 Å². The van der Waals surface area contributed by atoms with E-state index in [2.05, 4.69) is 88.3 Å². The molecule has 0 bridgehead atoms. The van der Waals surface area contributed by atoms with Crippen LogP contribution in [0.4, 0.5) is 5.69 Å². The van der Waals surface area contributed by atoms with E-state index in [-0.39, 0.29) is 24.0 Å². The van der Waals surface area contributed by atoms with Gasteiger partial charge in [0.05, 0.1) is 12.9 Å². The van der Waals surface area contributed by atoms with Crippen molar-refractivity contribution in [2.24, 2.45) is 10.7 Å². The molecular formula is C26H28IN5. The third-order valence-electron chi connectivity index (χ3n) is 5.41. The number of guanidine groups is 1. The van der Waals surface area contributed by atoms with Gasteiger partial charge in [0, 0.05) is 24.6 Å². The van der Waals surface area contributed by atoms with Crippen LogP contribution in [0.1, 0.15) is 22.3 Å². The number of halogens is 1. The first-order valence-corrected chi connectivity index (χ1v) is 10.4. The van der Waals surface area contributed by atoms with Crippen molar-refractivity contribution in [2.75, 3.05) is 5.32 Å². The highest BCUT2D eigenvalue weighted by Crippen LogP contribution is 2.25. The molecule has 164 valence electrons. The molecule has 0 atom stereocenters. The average Bonchev–Trinajstić information content (AvgIpc) is 3.29. The smallest absolute Gasteiger partial charge is 0.193 e. The van der Waals surface area contributed by atoms with Gasteiger partial charge in [-0.3, -0.25) is 0 Å². The molecule has 3 N–H and O–H groups in total. The molecule has 0 spiro atoms. The molecule has 0 saturated heterocycles. The van der Waals surface area contributed by atoms with E-state index >= 15 is 0 Å². The zero-order valence-corrected chi connectivity index (χ0v) is 20.7. The van der Waals surface area contributed by atoms with E-state index in [9.17, 15) is 0 Å². The predicted octanol–water partition coefficient (Wildman–Crippen LogP) is 5.76. The maximum absolute atomic E-state index is 6.15. The van der Waals surface area contributed by atoms with Gasteiger partial charge in [-0.2, -0.15) is 0 Å². The van der Waals surface area contributed by atoms with Gasteiger partial charge in [-0.1, -0.05) is 54.6 Å². The van der Waals surface area contributed by atoms with Crippen molar-refractivity contribution in [1.29, 1.82) is 0 Å². The second-order valence-electron chi connectivity index (χ2n) is 7.71. The fourth-order valence-electron chi connectivity index (χ4n) is 3.50. The summed E-state index contributed by atoms with van der Waals surface area (Å²) in [5, 5.41) is 3.19. The fraction of sp³-hybridized carbons (Fsp3) is 0.154. The number of aryl methyl sites for hydroxylation is 2. The molecule has 1 heterocycles. The Balaban J connectivity index is 0.00000289. The van der Waals surface area contributed by atoms with Crippen molar-refractivity contribution in [1.82, 2.24) is 9.55 Å². The van der Waals surface area contributed by atoms with Crippen molar-refractivity contribution in [3.8, 4) is 11.1 Å². The Morgan fingerprint density at radius 3 is 2.50 bits per heavy atom. The number of aliphatic imine (C=N–C) groups is 1. The second kappa shape index (κ2) is 10.9. The number of hydrogen-bond acceptors (Lipinski definition) is 2. The van der Waals surface area contributed by atoms with Crippen LogP contribution in [-0.2, 0) is 13.1 Å². The van der Waals surface area contributed by atoms with Gasteiger partial charge in [-0.25, -0.2) is 9.98 Å². The molecule has 0 unspecified atom stereocenters. The van der Waals surface area contributed by atoms with E-state index in [0.717, 1.165) is 17.8 Å². The first-order valence-electron chi connectivity index (χ1n) is 10.4. The van der Waals surface area contributed by atoms with Crippen molar-refractivity contribution in [3.63, 3.8) is 0 Å². The van der Waals surface area contributed by atoms with Crippen LogP contribution >= 0.6 is 24.0 Å². The Labute approximate surface area is 206 Å². The minimum atomic E-state index is 0. The van der Waals surface area contributed by atoms with Crippen LogP contribution in [0, 0.1) is 13.8 Å². The molecule has 0 aliphatic heterocycles. The third-order valence-corrected chi connectivity index (χ3v) is 5.41. The normalized spacial score (nSPS) is 11.1. The first-order chi connectivity index (χ1) is 15.1. The summed E-state index contributed by atoms with van der Waals surface area (Å²) >= 11 is 0. The van der Waals surface area contributed by atoms with Gasteiger partial charge >= 0.3 is 0 Å². The quantitative estimate of drug-likeness (QED) is 0.187. The Morgan fingerprint density at radius 2 is 1.78 bits per heavy atom. The molecule has 0 amide bonds. The number of nitrogens with one attached hydrogen (secondary N) is 1. The van der Waals surface area contributed by atoms with Gasteiger partial charge < -0.3 is 15.6 Å². The van der Waals surface area contributed by atoms with Crippen LogP contribution in [0.2, 0.25) is 0 Å². The predicted molar refractivity (Wildman–Crippen MR) is 143 cm³/mol. The Bertz CT molecular complexity index is 1180. The number of hydrogen-bond donors (Lipinski definition) is 2. The van der Waals surface area contributed by atoms with Crippen molar-refractivity contribution in [3.05, 3.63) is 108 Å². The highest BCUT2D eigenvalue weighted by atomic mass is 127. The molecule has 6 heteroatoms. The number of nitrogens with two attached hydrogens (primary N) is 1. The number of nitrogens with zero attached hydrogens (tertiary/aromatic N) is 3. The van der Waals surface area contributed by atoms with Crippen LogP contribution in [-0.4, -0.2) is 15.5 Å². The summed E-state index contributed by atoms with van der Waals surface area (Å²) in [4.78, 5) is 8.67. The Morgan fingerprint density at radius 1 is 1.00 bits per heavy atom. The minimum Gasteiger partial charge on any atom is -0.370 e. The topological polar surface area (TPSA) is 68.2 Å². The molecule has 4 rings (SSSR count). The van der Waals surface area contributed by atoms with Gasteiger partial charge in [-0.05, 0) is 59.4 Å². The average molecular weight is 537 g/mol. The van der Waals surface area contributed by atoms with Crippen LogP contribution in [0.3, 0.4) is 0 Å². The molecule has 3 aromatic carbocycles. The van der Waals surface area contributed by atoms with Crippen LogP contribution in [0.5, 0.6) is 0 Å². The van der Waals surface area contributed by atoms with E-state index in [1.54, 1.807) is 6.20 Å². The molecule has 0 aliphatic rings. The second-order valence-corrected chi connectivity index (χ2v) is 7.71. The Kier molecular flexibility index (Phi) is 8.05. The maximum atomic E-state index is 6.15. The molecule has 1 aromatic heterocycles. The lowest BCUT2D eigenvalue weighted by Gasteiger charge is -2.11. The molecule has 0 saturated carbocycles. The lowest BCUT2D eigenvalue weighted by atomic mass is 9.98. The van der Waals surface area contributed by atoms with Crippen LogP contribution in [0.25, 0.3) is 11.1 Å². The van der Waals surface area contributed by atoms with Crippen LogP contribution in [0.15, 0.2) is 90.4 Å². The fourth-order valence-corrected chi connectivity index (χ4v) is 3.50. The highest BCUT2D eigenvalue weighted by Gasteiger charge is 2.06. The largest absolute Gasteiger partial charge is 0.370 e. The minimum absolute atomic E-state index is 0. The molecular weight excluding hydrogens is 509 g/mol. The zero-order chi connectivity index (χ0) is 21.6. The van der Waals surface area contributed by atoms with E-state index in [1.807, 2.05) is 24.7 Å². The molecule has 0 fully saturated rings. The van der Waals surface area contributed by atoms with Gasteiger partial charge in [0.25, 0.3) is 0 Å². The van der Waals surface area contributed by atoms with Crippen LogP contribution < -0.4 is 11.1 Å². The third kappa shape index (κ3) is 5.97. The van der Waals surface area contributed by atoms with E-state index in [1.165, 1.54) is 27.8 Å². The molecule has 0 aliphatic carbocycles. The highest BCUT2D eigenvalue weighted by molar-refractivity contribution is 14.0. The molecule has 5 nitrogen and oxygen atoms in total. The number of aromatic nitrogens is 2. The zero-order valence-electron chi connectivity index (χ0n) is 18.3. The van der Waals surface area contributed by atoms with Crippen molar-refractivity contribution >= 4 is 35.6 Å². The van der Waals surface area contributed by atoms with E-state index in [4.69, 9.17) is 5.73 Å². The summed E-state index contributed by atoms with van der Waals surface area (Å²) in [6.45, 7) is 5.51. The summed E-state index contributed by atoms with van der Waals surface area (Å²) in [7, 11) is 0. The van der Waals surface area contributed by atoms with Gasteiger partial charge in [0.15, 0.2) is 5.96 Å². The van der Waals surface area contributed by atoms with Crippen molar-refractivity contribution < 1.29 is 0 Å². The van der Waals surface area contributed by atoms with Crippen molar-refractivity contribution in [2.45, 2.75) is 26.9 Å². The summed E-state index contributed by atoms with van der Waals surface area (Å²) < 4.78 is 2.06. The lowest BCUT2D eigenvalue weighted by molar-refractivity contribution is 0.797. The lowest BCUT2D eigenvalue weighted by Crippen LogP contribution is -2.22. The number of benzene rings is 3. The molecule has 4 aromatic rings. The summed E-state index contributed by atoms with van der Waals surface area (Å²) in [6.07, 6.45) is 5.60. The molecule has 0 radical (unpaired) electrons. The van der Waals surface area contributed by atoms with Gasteiger partial charge in [-0.15, -0.1) is 24.0 Å².